The van der Waals surface area contributed by atoms with Crippen molar-refractivity contribution in [2.75, 3.05) is 20.2 Å². The van der Waals surface area contributed by atoms with Crippen molar-refractivity contribution in [2.24, 2.45) is 11.8 Å². The van der Waals surface area contributed by atoms with Gasteiger partial charge in [-0.05, 0) is 50.0 Å². The van der Waals surface area contributed by atoms with Crippen LogP contribution in [0.5, 0.6) is 5.75 Å². The van der Waals surface area contributed by atoms with E-state index in [2.05, 4.69) is 16.7 Å². The Bertz CT molecular complexity index is 458. The first-order valence-corrected chi connectivity index (χ1v) is 7.24. The molecule has 1 aromatic rings. The zero-order valence-corrected chi connectivity index (χ0v) is 12.5. The summed E-state index contributed by atoms with van der Waals surface area (Å²) in [6.07, 6.45) is 0.818. The summed E-state index contributed by atoms with van der Waals surface area (Å²) < 4.78 is 5.22. The number of ether oxygens (including phenoxy) is 1. The summed E-state index contributed by atoms with van der Waals surface area (Å²) in [5.74, 6) is 1.59. The van der Waals surface area contributed by atoms with Crippen LogP contribution in [-0.4, -0.2) is 32.1 Å². The molecule has 2 N–H and O–H groups in total. The molecule has 2 unspecified atom stereocenters. The molecule has 0 bridgehead atoms. The predicted octanol–water partition coefficient (Wildman–Crippen LogP) is 1.60. The fraction of sp³-hybridized carbons (Fsp3) is 0.562. The van der Waals surface area contributed by atoms with Crippen LogP contribution in [0.25, 0.3) is 0 Å². The van der Waals surface area contributed by atoms with E-state index >= 15 is 0 Å². The fourth-order valence-corrected chi connectivity index (χ4v) is 2.46. The molecule has 4 heteroatoms. The third-order valence-corrected chi connectivity index (χ3v) is 4.00. The average molecular weight is 276 g/mol. The van der Waals surface area contributed by atoms with Crippen molar-refractivity contribution in [3.05, 3.63) is 29.8 Å². The summed E-state index contributed by atoms with van der Waals surface area (Å²) >= 11 is 0. The normalized spacial score (nSPS) is 17.9. The Labute approximate surface area is 120 Å². The smallest absolute Gasteiger partial charge is 0.223 e. The van der Waals surface area contributed by atoms with Crippen molar-refractivity contribution in [1.29, 1.82) is 0 Å². The van der Waals surface area contributed by atoms with Crippen LogP contribution in [-0.2, 0) is 11.2 Å². The van der Waals surface area contributed by atoms with Crippen LogP contribution >= 0.6 is 0 Å². The molecular weight excluding hydrogens is 252 g/mol. The first-order chi connectivity index (χ1) is 9.60. The summed E-state index contributed by atoms with van der Waals surface area (Å²) in [6.45, 7) is 5.97. The van der Waals surface area contributed by atoms with Crippen LogP contribution in [0.2, 0.25) is 0 Å². The SMILES string of the molecule is COc1cccc(CC(C)NC(=O)C(C)C2CNC2)c1. The molecule has 1 amide bonds. The van der Waals surface area contributed by atoms with E-state index in [1.165, 1.54) is 5.56 Å². The van der Waals surface area contributed by atoms with Gasteiger partial charge in [-0.3, -0.25) is 4.79 Å². The van der Waals surface area contributed by atoms with Crippen molar-refractivity contribution in [1.82, 2.24) is 10.6 Å². The Kier molecular flexibility index (Phi) is 5.01. The Hall–Kier alpha value is -1.55. The van der Waals surface area contributed by atoms with Gasteiger partial charge in [0.1, 0.15) is 5.75 Å². The van der Waals surface area contributed by atoms with E-state index in [4.69, 9.17) is 4.74 Å². The lowest BCUT2D eigenvalue weighted by Crippen LogP contribution is -2.50. The Balaban J connectivity index is 1.84. The number of carbonyl (C=O) groups is 1. The third-order valence-electron chi connectivity index (χ3n) is 4.00. The van der Waals surface area contributed by atoms with Crippen molar-refractivity contribution in [3.8, 4) is 5.75 Å². The molecule has 0 aliphatic carbocycles. The molecule has 1 aliphatic heterocycles. The lowest BCUT2D eigenvalue weighted by atomic mass is 9.88. The molecule has 2 atom stereocenters. The maximum Gasteiger partial charge on any atom is 0.223 e. The lowest BCUT2D eigenvalue weighted by molar-refractivity contribution is -0.127. The van der Waals surface area contributed by atoms with E-state index in [-0.39, 0.29) is 17.9 Å². The van der Waals surface area contributed by atoms with Gasteiger partial charge in [-0.15, -0.1) is 0 Å². The minimum absolute atomic E-state index is 0.0870. The third kappa shape index (κ3) is 3.73. The number of methoxy groups -OCH3 is 1. The van der Waals surface area contributed by atoms with Gasteiger partial charge in [0.15, 0.2) is 0 Å². The standard InChI is InChI=1S/C16H24N2O2/c1-11(7-13-5-4-6-15(8-13)20-3)18-16(19)12(2)14-9-17-10-14/h4-6,8,11-12,14,17H,7,9-10H2,1-3H3,(H,18,19). The predicted molar refractivity (Wildman–Crippen MR) is 79.8 cm³/mol. The average Bonchev–Trinajstić information content (AvgIpc) is 2.36. The number of hydrogen-bond acceptors (Lipinski definition) is 3. The van der Waals surface area contributed by atoms with Gasteiger partial charge >= 0.3 is 0 Å². The summed E-state index contributed by atoms with van der Waals surface area (Å²) in [4.78, 5) is 12.1. The highest BCUT2D eigenvalue weighted by Gasteiger charge is 2.29. The van der Waals surface area contributed by atoms with Gasteiger partial charge in [0.2, 0.25) is 5.91 Å². The van der Waals surface area contributed by atoms with Gasteiger partial charge in [0.25, 0.3) is 0 Å². The first kappa shape index (κ1) is 14.9. The van der Waals surface area contributed by atoms with E-state index < -0.39 is 0 Å². The molecule has 0 radical (unpaired) electrons. The monoisotopic (exact) mass is 276 g/mol. The number of carbonyl (C=O) groups excluding carboxylic acids is 1. The second-order valence-electron chi connectivity index (χ2n) is 5.67. The molecule has 1 heterocycles. The maximum atomic E-state index is 12.1. The van der Waals surface area contributed by atoms with Gasteiger partial charge < -0.3 is 15.4 Å². The van der Waals surface area contributed by atoms with E-state index in [0.717, 1.165) is 25.3 Å². The van der Waals surface area contributed by atoms with Gasteiger partial charge in [0.05, 0.1) is 7.11 Å². The van der Waals surface area contributed by atoms with E-state index in [1.807, 2.05) is 32.0 Å². The van der Waals surface area contributed by atoms with Gasteiger partial charge in [0, 0.05) is 12.0 Å². The molecule has 0 aromatic heterocycles. The number of benzene rings is 1. The largest absolute Gasteiger partial charge is 0.497 e. The van der Waals surface area contributed by atoms with Crippen LogP contribution in [0.15, 0.2) is 24.3 Å². The summed E-state index contributed by atoms with van der Waals surface area (Å²) in [5.41, 5.74) is 1.18. The minimum Gasteiger partial charge on any atom is -0.497 e. The summed E-state index contributed by atoms with van der Waals surface area (Å²) in [7, 11) is 1.67. The Morgan fingerprint density at radius 2 is 2.20 bits per heavy atom. The Morgan fingerprint density at radius 1 is 1.45 bits per heavy atom. The van der Waals surface area contributed by atoms with E-state index in [9.17, 15) is 4.79 Å². The minimum atomic E-state index is 0.0870. The van der Waals surface area contributed by atoms with Crippen LogP contribution in [0, 0.1) is 11.8 Å². The highest BCUT2D eigenvalue weighted by atomic mass is 16.5. The van der Waals surface area contributed by atoms with Crippen molar-refractivity contribution in [2.45, 2.75) is 26.3 Å². The van der Waals surface area contributed by atoms with Gasteiger partial charge in [-0.25, -0.2) is 0 Å². The second kappa shape index (κ2) is 6.75. The van der Waals surface area contributed by atoms with Crippen molar-refractivity contribution in [3.63, 3.8) is 0 Å². The molecule has 1 fully saturated rings. The molecule has 1 aromatic carbocycles. The fourth-order valence-electron chi connectivity index (χ4n) is 2.46. The molecule has 4 nitrogen and oxygen atoms in total. The topological polar surface area (TPSA) is 50.4 Å². The van der Waals surface area contributed by atoms with E-state index in [1.54, 1.807) is 7.11 Å². The highest BCUT2D eigenvalue weighted by molar-refractivity contribution is 5.79. The molecule has 1 saturated heterocycles. The zero-order chi connectivity index (χ0) is 14.5. The van der Waals surface area contributed by atoms with Gasteiger partial charge in [-0.1, -0.05) is 19.1 Å². The molecule has 20 heavy (non-hydrogen) atoms. The number of nitrogens with one attached hydrogen (secondary N) is 2. The van der Waals surface area contributed by atoms with Crippen LogP contribution in [0.1, 0.15) is 19.4 Å². The molecule has 1 aliphatic rings. The Morgan fingerprint density at radius 3 is 2.80 bits per heavy atom. The van der Waals surface area contributed by atoms with Crippen LogP contribution < -0.4 is 15.4 Å². The van der Waals surface area contributed by atoms with Crippen molar-refractivity contribution < 1.29 is 9.53 Å². The summed E-state index contributed by atoms with van der Waals surface area (Å²) in [5, 5.41) is 6.32. The second-order valence-corrected chi connectivity index (χ2v) is 5.67. The number of rotatable bonds is 6. The van der Waals surface area contributed by atoms with E-state index in [0.29, 0.717) is 5.92 Å². The van der Waals surface area contributed by atoms with Crippen LogP contribution in [0.3, 0.4) is 0 Å². The molecular formula is C16H24N2O2. The summed E-state index contributed by atoms with van der Waals surface area (Å²) in [6, 6.07) is 8.11. The molecule has 0 spiro atoms. The van der Waals surface area contributed by atoms with Gasteiger partial charge in [-0.2, -0.15) is 0 Å². The highest BCUT2D eigenvalue weighted by Crippen LogP contribution is 2.17. The lowest BCUT2D eigenvalue weighted by Gasteiger charge is -2.32. The maximum absolute atomic E-state index is 12.1. The zero-order valence-electron chi connectivity index (χ0n) is 12.5. The number of hydrogen-bond donors (Lipinski definition) is 2. The quantitative estimate of drug-likeness (QED) is 0.830. The van der Waals surface area contributed by atoms with Crippen LogP contribution in [0.4, 0.5) is 0 Å². The first-order valence-electron chi connectivity index (χ1n) is 7.24. The number of amides is 1. The van der Waals surface area contributed by atoms with Crippen molar-refractivity contribution >= 4 is 5.91 Å². The molecule has 110 valence electrons. The molecule has 0 saturated carbocycles. The molecule has 2 rings (SSSR count).